The van der Waals surface area contributed by atoms with E-state index in [1.54, 1.807) is 18.2 Å². The highest BCUT2D eigenvalue weighted by Crippen LogP contribution is 2.29. The smallest absolute Gasteiger partial charge is 0.263 e. The Morgan fingerprint density at radius 2 is 1.96 bits per heavy atom. The molecule has 4 aromatic rings. The lowest BCUT2D eigenvalue weighted by Gasteiger charge is -2.10. The number of anilines is 1. The summed E-state index contributed by atoms with van der Waals surface area (Å²) in [5, 5.41) is 2.35. The average Bonchev–Trinajstić information content (AvgIpc) is 3.18. The van der Waals surface area contributed by atoms with Crippen LogP contribution in [-0.4, -0.2) is 17.8 Å². The third kappa shape index (κ3) is 3.31. The summed E-state index contributed by atoms with van der Waals surface area (Å²) in [6, 6.07) is 11.3. The van der Waals surface area contributed by atoms with Crippen molar-refractivity contribution in [2.45, 2.75) is 4.90 Å². The van der Waals surface area contributed by atoms with Gasteiger partial charge in [-0.15, -0.1) is 11.3 Å². The van der Waals surface area contributed by atoms with E-state index in [1.807, 2.05) is 28.2 Å². The number of thiazole rings is 1. The van der Waals surface area contributed by atoms with Crippen molar-refractivity contribution in [1.29, 1.82) is 0 Å². The molecule has 0 atom stereocenters. The van der Waals surface area contributed by atoms with Crippen molar-refractivity contribution < 1.29 is 8.42 Å². The van der Waals surface area contributed by atoms with Crippen molar-refractivity contribution in [2.24, 2.45) is 0 Å². The van der Waals surface area contributed by atoms with E-state index in [4.69, 9.17) is 23.2 Å². The van der Waals surface area contributed by atoms with Crippen LogP contribution >= 0.6 is 34.5 Å². The first-order chi connectivity index (χ1) is 12.4. The van der Waals surface area contributed by atoms with Gasteiger partial charge in [-0.3, -0.25) is 9.12 Å². The maximum atomic E-state index is 12.6. The molecule has 0 saturated carbocycles. The Kier molecular flexibility index (Phi) is 4.40. The Bertz CT molecular complexity index is 1190. The van der Waals surface area contributed by atoms with Crippen LogP contribution in [0.1, 0.15) is 0 Å². The van der Waals surface area contributed by atoms with Gasteiger partial charge in [0.25, 0.3) is 10.0 Å². The molecule has 0 aliphatic rings. The van der Waals surface area contributed by atoms with Gasteiger partial charge in [-0.2, -0.15) is 0 Å². The van der Waals surface area contributed by atoms with Gasteiger partial charge in [0.05, 0.1) is 10.7 Å². The molecule has 1 N–H and O–H groups in total. The molecule has 26 heavy (non-hydrogen) atoms. The number of sulfonamides is 1. The first kappa shape index (κ1) is 17.4. The van der Waals surface area contributed by atoms with Gasteiger partial charge in [-0.25, -0.2) is 13.4 Å². The second kappa shape index (κ2) is 6.59. The average molecular weight is 424 g/mol. The summed E-state index contributed by atoms with van der Waals surface area (Å²) in [6.45, 7) is 0. The van der Waals surface area contributed by atoms with Gasteiger partial charge in [-0.1, -0.05) is 35.3 Å². The van der Waals surface area contributed by atoms with E-state index in [0.29, 0.717) is 10.7 Å². The predicted molar refractivity (Wildman–Crippen MR) is 106 cm³/mol. The molecule has 2 aromatic carbocycles. The van der Waals surface area contributed by atoms with Crippen molar-refractivity contribution in [2.75, 3.05) is 4.72 Å². The van der Waals surface area contributed by atoms with Crippen LogP contribution in [0.4, 0.5) is 5.69 Å². The number of halogens is 2. The number of hydrogen-bond acceptors (Lipinski definition) is 4. The van der Waals surface area contributed by atoms with E-state index in [-0.39, 0.29) is 9.92 Å². The standard InChI is InChI=1S/C17H11Cl2N3O2S2/c18-12-4-5-14(19)16(9-12)26(23,24)21-13-3-1-2-11(8-13)15-10-22-6-7-25-17(22)20-15/h1-10,21H. The minimum absolute atomic E-state index is 0.0698. The molecule has 0 amide bonds. The second-order valence-corrected chi connectivity index (χ2v) is 8.85. The van der Waals surface area contributed by atoms with Crippen LogP contribution in [-0.2, 0) is 10.0 Å². The summed E-state index contributed by atoms with van der Waals surface area (Å²) in [4.78, 5) is 5.33. The minimum atomic E-state index is -3.87. The number of aromatic nitrogens is 2. The Balaban J connectivity index is 1.68. The lowest BCUT2D eigenvalue weighted by molar-refractivity contribution is 0.601. The SMILES string of the molecule is O=S(=O)(Nc1cccc(-c2cn3ccsc3n2)c1)c1cc(Cl)ccc1Cl. The van der Waals surface area contributed by atoms with Crippen molar-refractivity contribution in [3.05, 3.63) is 70.3 Å². The molecular weight excluding hydrogens is 413 g/mol. The van der Waals surface area contributed by atoms with Gasteiger partial charge < -0.3 is 0 Å². The maximum Gasteiger partial charge on any atom is 0.263 e. The van der Waals surface area contributed by atoms with Crippen LogP contribution in [0.2, 0.25) is 10.0 Å². The summed E-state index contributed by atoms with van der Waals surface area (Å²) in [6.07, 6.45) is 3.82. The summed E-state index contributed by atoms with van der Waals surface area (Å²) in [7, 11) is -3.87. The third-order valence-electron chi connectivity index (χ3n) is 3.69. The summed E-state index contributed by atoms with van der Waals surface area (Å²) < 4.78 is 29.8. The number of fused-ring (bicyclic) bond motifs is 1. The largest absolute Gasteiger partial charge is 0.297 e. The van der Waals surface area contributed by atoms with E-state index >= 15 is 0 Å². The van der Waals surface area contributed by atoms with Gasteiger partial charge >= 0.3 is 0 Å². The van der Waals surface area contributed by atoms with E-state index < -0.39 is 10.0 Å². The molecule has 2 heterocycles. The third-order valence-corrected chi connectivity index (χ3v) is 6.56. The molecule has 0 saturated heterocycles. The highest BCUT2D eigenvalue weighted by molar-refractivity contribution is 7.92. The first-order valence-electron chi connectivity index (χ1n) is 7.43. The summed E-state index contributed by atoms with van der Waals surface area (Å²) in [5.74, 6) is 0. The second-order valence-electron chi connectivity index (χ2n) is 5.48. The monoisotopic (exact) mass is 423 g/mol. The minimum Gasteiger partial charge on any atom is -0.297 e. The zero-order chi connectivity index (χ0) is 18.3. The van der Waals surface area contributed by atoms with E-state index in [1.165, 1.54) is 29.5 Å². The van der Waals surface area contributed by atoms with Crippen LogP contribution in [0.25, 0.3) is 16.2 Å². The van der Waals surface area contributed by atoms with Crippen LogP contribution in [0, 0.1) is 0 Å². The number of benzene rings is 2. The molecule has 0 radical (unpaired) electrons. The molecular formula is C17H11Cl2N3O2S2. The Morgan fingerprint density at radius 3 is 2.77 bits per heavy atom. The number of nitrogens with zero attached hydrogens (tertiary/aromatic N) is 2. The van der Waals surface area contributed by atoms with Crippen LogP contribution in [0.5, 0.6) is 0 Å². The fraction of sp³-hybridized carbons (Fsp3) is 0. The zero-order valence-corrected chi connectivity index (χ0v) is 16.2. The molecule has 0 aliphatic heterocycles. The van der Waals surface area contributed by atoms with Crippen molar-refractivity contribution in [3.63, 3.8) is 0 Å². The van der Waals surface area contributed by atoms with Crippen molar-refractivity contribution in [3.8, 4) is 11.3 Å². The summed E-state index contributed by atoms with van der Waals surface area (Å²) in [5.41, 5.74) is 1.98. The van der Waals surface area contributed by atoms with E-state index in [0.717, 1.165) is 16.2 Å². The lowest BCUT2D eigenvalue weighted by atomic mass is 10.1. The van der Waals surface area contributed by atoms with Gasteiger partial charge in [0, 0.05) is 34.0 Å². The molecule has 0 spiro atoms. The van der Waals surface area contributed by atoms with Crippen LogP contribution in [0.15, 0.2) is 65.1 Å². The molecule has 0 aliphatic carbocycles. The van der Waals surface area contributed by atoms with Crippen molar-refractivity contribution in [1.82, 2.24) is 9.38 Å². The number of rotatable bonds is 4. The molecule has 0 unspecified atom stereocenters. The molecule has 4 rings (SSSR count). The quantitative estimate of drug-likeness (QED) is 0.492. The van der Waals surface area contributed by atoms with Crippen LogP contribution < -0.4 is 4.72 Å². The molecule has 2 aromatic heterocycles. The molecule has 9 heteroatoms. The first-order valence-corrected chi connectivity index (χ1v) is 10.5. The number of nitrogens with one attached hydrogen (secondary N) is 1. The highest BCUT2D eigenvalue weighted by Gasteiger charge is 2.19. The molecule has 0 fully saturated rings. The predicted octanol–water partition coefficient (Wildman–Crippen LogP) is 5.17. The lowest BCUT2D eigenvalue weighted by Crippen LogP contribution is -2.13. The van der Waals surface area contributed by atoms with E-state index in [2.05, 4.69) is 9.71 Å². The maximum absolute atomic E-state index is 12.6. The number of hydrogen-bond donors (Lipinski definition) is 1. The topological polar surface area (TPSA) is 63.5 Å². The Morgan fingerprint density at radius 1 is 1.12 bits per heavy atom. The van der Waals surface area contributed by atoms with Gasteiger partial charge in [0.1, 0.15) is 4.90 Å². The summed E-state index contributed by atoms with van der Waals surface area (Å²) >= 11 is 13.4. The zero-order valence-electron chi connectivity index (χ0n) is 13.1. The van der Waals surface area contributed by atoms with Crippen molar-refractivity contribution >= 4 is 55.2 Å². The molecule has 5 nitrogen and oxygen atoms in total. The Labute approximate surface area is 163 Å². The van der Waals surface area contributed by atoms with Crippen LogP contribution in [0.3, 0.4) is 0 Å². The van der Waals surface area contributed by atoms with Gasteiger partial charge in [0.2, 0.25) is 0 Å². The fourth-order valence-electron chi connectivity index (χ4n) is 2.50. The van der Waals surface area contributed by atoms with Gasteiger partial charge in [-0.05, 0) is 30.3 Å². The normalized spacial score (nSPS) is 11.8. The Hall–Kier alpha value is -2.06. The fourth-order valence-corrected chi connectivity index (χ4v) is 5.02. The highest BCUT2D eigenvalue weighted by atomic mass is 35.5. The molecule has 0 bridgehead atoms. The van der Waals surface area contributed by atoms with Gasteiger partial charge in [0.15, 0.2) is 4.96 Å². The molecule has 132 valence electrons. The van der Waals surface area contributed by atoms with E-state index in [9.17, 15) is 8.42 Å². The number of imidazole rings is 1.